The molecule has 256 valence electrons. The van der Waals surface area contributed by atoms with Gasteiger partial charge in [0, 0.05) is 21.9 Å². The highest BCUT2D eigenvalue weighted by molar-refractivity contribution is 6.10. The molecule has 0 aliphatic rings. The van der Waals surface area contributed by atoms with E-state index in [-0.39, 0.29) is 33.2 Å². The monoisotopic (exact) mass is 649 g/mol. The molecule has 0 spiro atoms. The maximum absolute atomic E-state index is 15.0. The standard InChI is InChI=1S/C44H56FNO2/c1-13-14-21-48-39-20-17-31(45)26-34(39)35-24-30(44(11,12)27-41(2,3)4)25-38(40(35)47)46-36-18-15-28(42(5,6)7)22-32(36)33-23-29(43(8,9)10)16-19-37(33)46/h15-20,22-26,47H,13-14,21,27H2,1-12H3. The van der Waals surface area contributed by atoms with E-state index in [1.165, 1.54) is 23.3 Å². The predicted octanol–water partition coefficient (Wildman–Crippen LogP) is 12.8. The molecule has 0 saturated carbocycles. The first-order valence-electron chi connectivity index (χ1n) is 17.6. The Morgan fingerprint density at radius 3 is 1.73 bits per heavy atom. The van der Waals surface area contributed by atoms with Gasteiger partial charge in [0.15, 0.2) is 0 Å². The second kappa shape index (κ2) is 12.6. The second-order valence-electron chi connectivity index (χ2n) is 17.7. The highest BCUT2D eigenvalue weighted by atomic mass is 19.1. The van der Waals surface area contributed by atoms with Gasteiger partial charge in [0.1, 0.15) is 17.3 Å². The third-order valence-electron chi connectivity index (χ3n) is 9.57. The lowest BCUT2D eigenvalue weighted by Gasteiger charge is -2.34. The number of unbranched alkanes of at least 4 members (excludes halogenated alkanes) is 1. The summed E-state index contributed by atoms with van der Waals surface area (Å²) in [5.74, 6) is 0.313. The lowest BCUT2D eigenvalue weighted by molar-refractivity contribution is 0.284. The van der Waals surface area contributed by atoms with Crippen molar-refractivity contribution in [2.24, 2.45) is 5.41 Å². The number of benzene rings is 4. The van der Waals surface area contributed by atoms with E-state index in [2.05, 4.69) is 136 Å². The van der Waals surface area contributed by atoms with Crippen LogP contribution in [0.5, 0.6) is 11.5 Å². The van der Waals surface area contributed by atoms with Crippen molar-refractivity contribution in [3.8, 4) is 28.3 Å². The fourth-order valence-electron chi connectivity index (χ4n) is 7.19. The number of hydrogen-bond acceptors (Lipinski definition) is 2. The molecule has 0 atom stereocenters. The quantitative estimate of drug-likeness (QED) is 0.170. The van der Waals surface area contributed by atoms with Gasteiger partial charge < -0.3 is 14.4 Å². The lowest BCUT2D eigenvalue weighted by atomic mass is 9.71. The summed E-state index contributed by atoms with van der Waals surface area (Å²) in [6, 6.07) is 22.3. The van der Waals surface area contributed by atoms with Crippen LogP contribution in [-0.4, -0.2) is 16.3 Å². The molecule has 0 unspecified atom stereocenters. The summed E-state index contributed by atoms with van der Waals surface area (Å²) in [5.41, 5.74) is 7.22. The summed E-state index contributed by atoms with van der Waals surface area (Å²) in [4.78, 5) is 0. The smallest absolute Gasteiger partial charge is 0.147 e. The number of ether oxygens (including phenoxy) is 1. The highest BCUT2D eigenvalue weighted by Crippen LogP contribution is 2.47. The molecular formula is C44H56FNO2. The molecule has 0 aliphatic carbocycles. The average Bonchev–Trinajstić information content (AvgIpc) is 3.29. The Morgan fingerprint density at radius 2 is 1.23 bits per heavy atom. The zero-order valence-electron chi connectivity index (χ0n) is 31.4. The zero-order chi connectivity index (χ0) is 35.4. The SMILES string of the molecule is CCCCOc1ccc(F)cc1-c1cc(C(C)(C)CC(C)(C)C)cc(-n2c3ccc(C(C)(C)C)cc3c3cc(C(C)(C)C)ccc32)c1O. The molecule has 0 radical (unpaired) electrons. The van der Waals surface area contributed by atoms with Crippen molar-refractivity contribution in [1.29, 1.82) is 0 Å². The molecule has 0 fully saturated rings. The van der Waals surface area contributed by atoms with Gasteiger partial charge in [-0.15, -0.1) is 0 Å². The van der Waals surface area contributed by atoms with Gasteiger partial charge in [-0.2, -0.15) is 0 Å². The number of aromatic hydroxyl groups is 1. The van der Waals surface area contributed by atoms with E-state index in [1.807, 2.05) is 0 Å². The minimum Gasteiger partial charge on any atom is -0.505 e. The molecule has 0 bridgehead atoms. The summed E-state index contributed by atoms with van der Waals surface area (Å²) in [5, 5.41) is 14.7. The Hall–Kier alpha value is -3.79. The Morgan fingerprint density at radius 1 is 0.667 bits per heavy atom. The first-order chi connectivity index (χ1) is 22.2. The van der Waals surface area contributed by atoms with Crippen LogP contribution in [0.3, 0.4) is 0 Å². The molecule has 0 amide bonds. The fraction of sp³-hybridized carbons (Fsp3) is 0.455. The van der Waals surface area contributed by atoms with Gasteiger partial charge in [0.25, 0.3) is 0 Å². The second-order valence-corrected chi connectivity index (χ2v) is 17.7. The number of aromatic nitrogens is 1. The molecular weight excluding hydrogens is 593 g/mol. The number of rotatable bonds is 8. The Kier molecular flexibility index (Phi) is 9.31. The molecule has 1 heterocycles. The van der Waals surface area contributed by atoms with Crippen LogP contribution in [0.1, 0.15) is 119 Å². The Balaban J connectivity index is 1.91. The number of fused-ring (bicyclic) bond motifs is 3. The summed E-state index contributed by atoms with van der Waals surface area (Å²) >= 11 is 0. The van der Waals surface area contributed by atoms with Crippen molar-refractivity contribution >= 4 is 21.8 Å². The van der Waals surface area contributed by atoms with Crippen LogP contribution in [0.25, 0.3) is 38.6 Å². The van der Waals surface area contributed by atoms with Gasteiger partial charge in [0.05, 0.1) is 23.3 Å². The van der Waals surface area contributed by atoms with Gasteiger partial charge >= 0.3 is 0 Å². The summed E-state index contributed by atoms with van der Waals surface area (Å²) in [6.07, 6.45) is 2.80. The maximum atomic E-state index is 15.0. The number of nitrogens with zero attached hydrogens (tertiary/aromatic N) is 1. The van der Waals surface area contributed by atoms with Crippen LogP contribution in [0.2, 0.25) is 0 Å². The molecule has 1 aromatic heterocycles. The van der Waals surface area contributed by atoms with Gasteiger partial charge in [-0.3, -0.25) is 0 Å². The van der Waals surface area contributed by atoms with Crippen molar-refractivity contribution in [2.45, 2.75) is 119 Å². The van der Waals surface area contributed by atoms with Crippen LogP contribution >= 0.6 is 0 Å². The third-order valence-corrected chi connectivity index (χ3v) is 9.57. The molecule has 5 aromatic rings. The van der Waals surface area contributed by atoms with Crippen molar-refractivity contribution in [3.63, 3.8) is 0 Å². The largest absolute Gasteiger partial charge is 0.505 e. The number of phenols is 1. The van der Waals surface area contributed by atoms with Crippen LogP contribution in [0.4, 0.5) is 4.39 Å². The van der Waals surface area contributed by atoms with Gasteiger partial charge in [-0.1, -0.05) is 102 Å². The van der Waals surface area contributed by atoms with Crippen LogP contribution in [-0.2, 0) is 16.2 Å². The van der Waals surface area contributed by atoms with E-state index in [0.717, 1.165) is 46.6 Å². The van der Waals surface area contributed by atoms with E-state index in [0.29, 0.717) is 29.2 Å². The van der Waals surface area contributed by atoms with E-state index >= 15 is 4.39 Å². The zero-order valence-corrected chi connectivity index (χ0v) is 31.4. The summed E-state index contributed by atoms with van der Waals surface area (Å²) < 4.78 is 23.5. The first kappa shape index (κ1) is 35.5. The molecule has 3 nitrogen and oxygen atoms in total. The Bertz CT molecular complexity index is 1890. The Labute approximate surface area is 288 Å². The van der Waals surface area contributed by atoms with E-state index < -0.39 is 0 Å². The molecule has 0 saturated heterocycles. The number of phenolic OH excluding ortho intramolecular Hbond substituents is 1. The van der Waals surface area contributed by atoms with Crippen LogP contribution in [0.15, 0.2) is 66.7 Å². The predicted molar refractivity (Wildman–Crippen MR) is 203 cm³/mol. The summed E-state index contributed by atoms with van der Waals surface area (Å²) in [6.45, 7) is 27.4. The fourth-order valence-corrected chi connectivity index (χ4v) is 7.19. The number of halogens is 1. The van der Waals surface area contributed by atoms with Crippen molar-refractivity contribution in [3.05, 3.63) is 89.2 Å². The minimum atomic E-state index is -0.366. The average molecular weight is 650 g/mol. The van der Waals surface area contributed by atoms with Gasteiger partial charge in [-0.25, -0.2) is 4.39 Å². The van der Waals surface area contributed by atoms with Crippen molar-refractivity contribution in [1.82, 2.24) is 4.57 Å². The van der Waals surface area contributed by atoms with Crippen LogP contribution < -0.4 is 4.74 Å². The first-order valence-corrected chi connectivity index (χ1v) is 17.6. The minimum absolute atomic E-state index is 0.0258. The van der Waals surface area contributed by atoms with Crippen molar-refractivity contribution in [2.75, 3.05) is 6.61 Å². The van der Waals surface area contributed by atoms with E-state index in [1.54, 1.807) is 6.07 Å². The van der Waals surface area contributed by atoms with Gasteiger partial charge in [-0.05, 0) is 106 Å². The molecule has 0 aliphatic heterocycles. The molecule has 5 rings (SSSR count). The number of hydrogen-bond donors (Lipinski definition) is 1. The highest BCUT2D eigenvalue weighted by Gasteiger charge is 2.31. The maximum Gasteiger partial charge on any atom is 0.147 e. The lowest BCUT2D eigenvalue weighted by Crippen LogP contribution is -2.25. The van der Waals surface area contributed by atoms with Crippen LogP contribution in [0, 0.1) is 11.2 Å². The van der Waals surface area contributed by atoms with E-state index in [9.17, 15) is 5.11 Å². The van der Waals surface area contributed by atoms with Crippen molar-refractivity contribution < 1.29 is 14.2 Å². The summed E-state index contributed by atoms with van der Waals surface area (Å²) in [7, 11) is 0. The topological polar surface area (TPSA) is 34.4 Å². The molecule has 4 heteroatoms. The normalized spacial score (nSPS) is 13.1. The molecule has 48 heavy (non-hydrogen) atoms. The van der Waals surface area contributed by atoms with Gasteiger partial charge in [0.2, 0.25) is 0 Å². The van der Waals surface area contributed by atoms with E-state index in [4.69, 9.17) is 4.74 Å². The third kappa shape index (κ3) is 7.14. The molecule has 4 aromatic carbocycles. The molecule has 1 N–H and O–H groups in total.